The Labute approximate surface area is 85.7 Å². The molecule has 0 saturated carbocycles. The first kappa shape index (κ1) is 10.1. The summed E-state index contributed by atoms with van der Waals surface area (Å²) in [5, 5.41) is 1.14. The first-order chi connectivity index (χ1) is 5.72. The van der Waals surface area contributed by atoms with Crippen molar-refractivity contribution in [2.75, 3.05) is 0 Å². The standard InChI is InChI=1S/C8H13BrN2S/c1-3-4-7(9)5-8-10-6(2)11-12-8/h7H,3-5H2,1-2H3. The molecule has 0 aliphatic carbocycles. The van der Waals surface area contributed by atoms with Crippen LogP contribution in [0.15, 0.2) is 0 Å². The molecule has 1 aromatic heterocycles. The summed E-state index contributed by atoms with van der Waals surface area (Å²) in [5.41, 5.74) is 0. The average molecular weight is 249 g/mol. The second-order valence-electron chi connectivity index (χ2n) is 2.83. The van der Waals surface area contributed by atoms with Gasteiger partial charge in [0.25, 0.3) is 0 Å². The van der Waals surface area contributed by atoms with Crippen molar-refractivity contribution in [3.63, 3.8) is 0 Å². The van der Waals surface area contributed by atoms with Gasteiger partial charge in [-0.2, -0.15) is 4.37 Å². The maximum atomic E-state index is 4.31. The van der Waals surface area contributed by atoms with E-state index in [9.17, 15) is 0 Å². The van der Waals surface area contributed by atoms with Crippen LogP contribution in [0.2, 0.25) is 0 Å². The molecule has 0 amide bonds. The average Bonchev–Trinajstić information content (AvgIpc) is 2.36. The van der Waals surface area contributed by atoms with Crippen LogP contribution in [0.25, 0.3) is 0 Å². The van der Waals surface area contributed by atoms with Gasteiger partial charge in [0.1, 0.15) is 10.8 Å². The Bertz CT molecular complexity index is 237. The Morgan fingerprint density at radius 2 is 2.33 bits per heavy atom. The smallest absolute Gasteiger partial charge is 0.139 e. The first-order valence-electron chi connectivity index (χ1n) is 4.15. The summed E-state index contributed by atoms with van der Waals surface area (Å²) < 4.78 is 4.14. The number of aromatic nitrogens is 2. The van der Waals surface area contributed by atoms with E-state index in [0.29, 0.717) is 4.83 Å². The van der Waals surface area contributed by atoms with Crippen molar-refractivity contribution >= 4 is 27.5 Å². The molecule has 1 heterocycles. The van der Waals surface area contributed by atoms with Gasteiger partial charge in [0.15, 0.2) is 0 Å². The predicted molar refractivity (Wildman–Crippen MR) is 56.0 cm³/mol. The molecule has 0 aliphatic rings. The number of rotatable bonds is 4. The van der Waals surface area contributed by atoms with E-state index in [2.05, 4.69) is 32.2 Å². The van der Waals surface area contributed by atoms with Crippen molar-refractivity contribution in [3.8, 4) is 0 Å². The van der Waals surface area contributed by atoms with Gasteiger partial charge in [-0.25, -0.2) is 4.98 Å². The summed E-state index contributed by atoms with van der Waals surface area (Å²) in [4.78, 5) is 4.87. The number of hydrogen-bond acceptors (Lipinski definition) is 3. The molecule has 1 rings (SSSR count). The summed E-state index contributed by atoms with van der Waals surface area (Å²) >= 11 is 5.14. The number of alkyl halides is 1. The molecular weight excluding hydrogens is 236 g/mol. The molecule has 0 N–H and O–H groups in total. The Kier molecular flexibility index (Phi) is 4.15. The van der Waals surface area contributed by atoms with E-state index in [1.807, 2.05) is 6.92 Å². The van der Waals surface area contributed by atoms with Crippen LogP contribution in [0.5, 0.6) is 0 Å². The second kappa shape index (κ2) is 4.92. The molecule has 0 bridgehead atoms. The largest absolute Gasteiger partial charge is 0.225 e. The first-order valence-corrected chi connectivity index (χ1v) is 5.84. The highest BCUT2D eigenvalue weighted by atomic mass is 79.9. The summed E-state index contributed by atoms with van der Waals surface area (Å²) in [6, 6.07) is 0. The molecule has 1 atom stereocenters. The van der Waals surface area contributed by atoms with Crippen molar-refractivity contribution in [2.24, 2.45) is 0 Å². The van der Waals surface area contributed by atoms with Crippen LogP contribution in [0.4, 0.5) is 0 Å². The van der Waals surface area contributed by atoms with E-state index in [1.165, 1.54) is 24.4 Å². The zero-order valence-electron chi connectivity index (χ0n) is 7.38. The minimum absolute atomic E-state index is 0.565. The van der Waals surface area contributed by atoms with E-state index < -0.39 is 0 Å². The highest BCUT2D eigenvalue weighted by molar-refractivity contribution is 9.09. The molecule has 1 unspecified atom stereocenters. The quantitative estimate of drug-likeness (QED) is 0.767. The normalized spacial score (nSPS) is 13.2. The highest BCUT2D eigenvalue weighted by Crippen LogP contribution is 2.15. The van der Waals surface area contributed by atoms with Gasteiger partial charge >= 0.3 is 0 Å². The van der Waals surface area contributed by atoms with Crippen molar-refractivity contribution < 1.29 is 0 Å². The van der Waals surface area contributed by atoms with Crippen LogP contribution in [0.1, 0.15) is 30.6 Å². The lowest BCUT2D eigenvalue weighted by Gasteiger charge is -2.03. The highest BCUT2D eigenvalue weighted by Gasteiger charge is 2.07. The monoisotopic (exact) mass is 248 g/mol. The molecule has 2 nitrogen and oxygen atoms in total. The SMILES string of the molecule is CCCC(Br)Cc1nc(C)ns1. The van der Waals surface area contributed by atoms with Crippen molar-refractivity contribution in [1.29, 1.82) is 0 Å². The number of nitrogens with zero attached hydrogens (tertiary/aromatic N) is 2. The summed E-state index contributed by atoms with van der Waals surface area (Å²) in [6.45, 7) is 4.13. The minimum atomic E-state index is 0.565. The van der Waals surface area contributed by atoms with E-state index in [4.69, 9.17) is 0 Å². The molecule has 0 radical (unpaired) electrons. The number of aryl methyl sites for hydroxylation is 1. The van der Waals surface area contributed by atoms with Crippen molar-refractivity contribution in [2.45, 2.75) is 37.9 Å². The lowest BCUT2D eigenvalue weighted by Crippen LogP contribution is -2.01. The van der Waals surface area contributed by atoms with Gasteiger partial charge in [0, 0.05) is 11.2 Å². The third kappa shape index (κ3) is 3.19. The fourth-order valence-electron chi connectivity index (χ4n) is 1.03. The van der Waals surface area contributed by atoms with Crippen LogP contribution >= 0.6 is 27.5 Å². The van der Waals surface area contributed by atoms with Crippen molar-refractivity contribution in [1.82, 2.24) is 9.36 Å². The van der Waals surface area contributed by atoms with Gasteiger partial charge in [-0.05, 0) is 24.9 Å². The zero-order valence-corrected chi connectivity index (χ0v) is 9.78. The molecule has 0 saturated heterocycles. The molecule has 68 valence electrons. The van der Waals surface area contributed by atoms with E-state index in [1.54, 1.807) is 0 Å². The molecule has 0 aliphatic heterocycles. The third-order valence-corrected chi connectivity index (χ3v) is 3.17. The lowest BCUT2D eigenvalue weighted by atomic mass is 10.2. The Hall–Kier alpha value is 0.0400. The molecule has 12 heavy (non-hydrogen) atoms. The van der Waals surface area contributed by atoms with Crippen LogP contribution in [-0.2, 0) is 6.42 Å². The third-order valence-electron chi connectivity index (χ3n) is 1.57. The Balaban J connectivity index is 2.41. The Morgan fingerprint density at radius 3 is 2.83 bits per heavy atom. The predicted octanol–water partition coefficient (Wildman–Crippen LogP) is 2.95. The maximum absolute atomic E-state index is 4.31. The van der Waals surface area contributed by atoms with Crippen LogP contribution < -0.4 is 0 Å². The van der Waals surface area contributed by atoms with Gasteiger partial charge in [-0.3, -0.25) is 0 Å². The summed E-state index contributed by atoms with van der Waals surface area (Å²) in [5.74, 6) is 0.895. The minimum Gasteiger partial charge on any atom is -0.225 e. The molecule has 0 aromatic carbocycles. The van der Waals surface area contributed by atoms with Gasteiger partial charge in [0.05, 0.1) is 0 Å². The van der Waals surface area contributed by atoms with Crippen LogP contribution in [-0.4, -0.2) is 14.2 Å². The summed E-state index contributed by atoms with van der Waals surface area (Å²) in [7, 11) is 0. The zero-order chi connectivity index (χ0) is 8.97. The van der Waals surface area contributed by atoms with Crippen LogP contribution in [0, 0.1) is 6.92 Å². The van der Waals surface area contributed by atoms with Crippen LogP contribution in [0.3, 0.4) is 0 Å². The van der Waals surface area contributed by atoms with Crippen molar-refractivity contribution in [3.05, 3.63) is 10.8 Å². The van der Waals surface area contributed by atoms with Gasteiger partial charge in [0.2, 0.25) is 0 Å². The molecule has 0 spiro atoms. The van der Waals surface area contributed by atoms with E-state index in [-0.39, 0.29) is 0 Å². The lowest BCUT2D eigenvalue weighted by molar-refractivity contribution is 0.741. The Morgan fingerprint density at radius 1 is 1.58 bits per heavy atom. The van der Waals surface area contributed by atoms with E-state index >= 15 is 0 Å². The number of halogens is 1. The topological polar surface area (TPSA) is 25.8 Å². The maximum Gasteiger partial charge on any atom is 0.139 e. The molecular formula is C8H13BrN2S. The fraction of sp³-hybridized carbons (Fsp3) is 0.750. The summed E-state index contributed by atoms with van der Waals surface area (Å²) in [6.07, 6.45) is 3.44. The number of hydrogen-bond donors (Lipinski definition) is 0. The fourth-order valence-corrected chi connectivity index (χ4v) is 2.73. The molecule has 0 fully saturated rings. The molecule has 1 aromatic rings. The van der Waals surface area contributed by atoms with Gasteiger partial charge in [-0.15, -0.1) is 0 Å². The second-order valence-corrected chi connectivity index (χ2v) is 4.96. The molecule has 4 heteroatoms. The van der Waals surface area contributed by atoms with Gasteiger partial charge < -0.3 is 0 Å². The van der Waals surface area contributed by atoms with Gasteiger partial charge in [-0.1, -0.05) is 29.3 Å². The van der Waals surface area contributed by atoms with E-state index in [0.717, 1.165) is 17.3 Å².